The van der Waals surface area contributed by atoms with Crippen molar-refractivity contribution in [2.75, 3.05) is 19.0 Å². The molecule has 0 heterocycles. The van der Waals surface area contributed by atoms with E-state index in [1.165, 1.54) is 19.2 Å². The molecule has 0 spiro atoms. The van der Waals surface area contributed by atoms with Gasteiger partial charge < -0.3 is 15.4 Å². The first kappa shape index (κ1) is 19.9. The molecule has 1 atom stereocenters. The van der Waals surface area contributed by atoms with E-state index in [1.807, 2.05) is 6.07 Å². The molecule has 0 aromatic heterocycles. The van der Waals surface area contributed by atoms with Gasteiger partial charge in [-0.2, -0.15) is 0 Å². The van der Waals surface area contributed by atoms with E-state index in [0.717, 1.165) is 5.69 Å². The van der Waals surface area contributed by atoms with Gasteiger partial charge in [-0.05, 0) is 24.1 Å². The van der Waals surface area contributed by atoms with Crippen molar-refractivity contribution < 1.29 is 19.2 Å². The van der Waals surface area contributed by atoms with Crippen molar-refractivity contribution in [2.45, 2.75) is 18.9 Å². The van der Waals surface area contributed by atoms with Crippen molar-refractivity contribution >= 4 is 23.3 Å². The molecule has 0 saturated carbocycles. The van der Waals surface area contributed by atoms with Crippen molar-refractivity contribution in [3.8, 4) is 0 Å². The normalized spacial score (nSPS) is 11.3. The van der Waals surface area contributed by atoms with Crippen molar-refractivity contribution in [1.82, 2.24) is 5.32 Å². The first-order valence-corrected chi connectivity index (χ1v) is 8.41. The molecule has 2 N–H and O–H groups in total. The largest absolute Gasteiger partial charge is 0.467 e. The number of nitro groups is 1. The molecule has 0 saturated heterocycles. The maximum Gasteiger partial charge on any atom is 0.333 e. The van der Waals surface area contributed by atoms with E-state index in [4.69, 9.17) is 4.74 Å². The number of carbonyl (C=O) groups excluding carboxylic acids is 2. The third-order valence-electron chi connectivity index (χ3n) is 3.86. The average molecular weight is 371 g/mol. The summed E-state index contributed by atoms with van der Waals surface area (Å²) < 4.78 is 4.76. The number of anilines is 1. The Hall–Kier alpha value is -3.42. The molecule has 8 nitrogen and oxygen atoms in total. The average Bonchev–Trinajstić information content (AvgIpc) is 2.70. The lowest BCUT2D eigenvalue weighted by Gasteiger charge is -2.17. The number of esters is 1. The molecule has 2 aromatic rings. The van der Waals surface area contributed by atoms with Gasteiger partial charge in [-0.25, -0.2) is 4.79 Å². The maximum atomic E-state index is 12.2. The van der Waals surface area contributed by atoms with Crippen LogP contribution in [0.3, 0.4) is 0 Å². The van der Waals surface area contributed by atoms with Crippen LogP contribution in [0.4, 0.5) is 11.4 Å². The number of benzene rings is 2. The summed E-state index contributed by atoms with van der Waals surface area (Å²) in [6.07, 6.45) is 0.756. The summed E-state index contributed by atoms with van der Waals surface area (Å²) in [4.78, 5) is 34.3. The van der Waals surface area contributed by atoms with Crippen LogP contribution >= 0.6 is 0 Å². The van der Waals surface area contributed by atoms with Gasteiger partial charge in [0.2, 0.25) is 5.91 Å². The molecule has 0 aliphatic heterocycles. The van der Waals surface area contributed by atoms with Gasteiger partial charge in [0.15, 0.2) is 6.04 Å². The van der Waals surface area contributed by atoms with Crippen LogP contribution in [0.25, 0.3) is 0 Å². The topological polar surface area (TPSA) is 111 Å². The number of hydrogen-bond donors (Lipinski definition) is 2. The predicted octanol–water partition coefficient (Wildman–Crippen LogP) is 2.82. The van der Waals surface area contributed by atoms with Crippen molar-refractivity contribution in [3.05, 3.63) is 70.3 Å². The van der Waals surface area contributed by atoms with E-state index in [-0.39, 0.29) is 18.0 Å². The van der Waals surface area contributed by atoms with Crippen LogP contribution < -0.4 is 10.6 Å². The molecule has 8 heteroatoms. The quantitative estimate of drug-likeness (QED) is 0.303. The van der Waals surface area contributed by atoms with Gasteiger partial charge in [0.25, 0.3) is 5.69 Å². The standard InChI is InChI=1S/C19H21N3O5/c1-27-19(24)18(14-6-3-2-4-7-14)21-17(23)8-5-13-20-15-9-11-16(12-10-15)22(25)26/h2-4,6-7,9-12,18,20H,5,8,13H2,1H3,(H,21,23). The molecular formula is C19H21N3O5. The van der Waals surface area contributed by atoms with Gasteiger partial charge in [-0.3, -0.25) is 14.9 Å². The molecule has 2 rings (SSSR count). The second kappa shape index (κ2) is 9.91. The summed E-state index contributed by atoms with van der Waals surface area (Å²) in [5.74, 6) is -0.793. The van der Waals surface area contributed by atoms with E-state index >= 15 is 0 Å². The molecule has 0 aliphatic carbocycles. The lowest BCUT2D eigenvalue weighted by atomic mass is 10.1. The number of rotatable bonds is 9. The molecule has 0 fully saturated rings. The number of hydrogen-bond acceptors (Lipinski definition) is 6. The predicted molar refractivity (Wildman–Crippen MR) is 100 cm³/mol. The minimum Gasteiger partial charge on any atom is -0.467 e. The lowest BCUT2D eigenvalue weighted by molar-refractivity contribution is -0.384. The smallest absolute Gasteiger partial charge is 0.333 e. The van der Waals surface area contributed by atoms with Gasteiger partial charge in [0.05, 0.1) is 12.0 Å². The number of non-ortho nitro benzene ring substituents is 1. The van der Waals surface area contributed by atoms with Gasteiger partial charge in [-0.15, -0.1) is 0 Å². The summed E-state index contributed by atoms with van der Waals surface area (Å²) >= 11 is 0. The van der Waals surface area contributed by atoms with Crippen LogP contribution in [0.1, 0.15) is 24.4 Å². The molecule has 0 aliphatic rings. The highest BCUT2D eigenvalue weighted by Gasteiger charge is 2.22. The Balaban J connectivity index is 1.80. The molecule has 1 amide bonds. The number of nitrogens with one attached hydrogen (secondary N) is 2. The van der Waals surface area contributed by atoms with Crippen LogP contribution in [-0.2, 0) is 14.3 Å². The summed E-state index contributed by atoms with van der Waals surface area (Å²) in [6, 6.07) is 14.1. The van der Waals surface area contributed by atoms with Gasteiger partial charge >= 0.3 is 5.97 Å². The zero-order chi connectivity index (χ0) is 19.6. The van der Waals surface area contributed by atoms with Crippen LogP contribution in [0.2, 0.25) is 0 Å². The third kappa shape index (κ3) is 6.10. The van der Waals surface area contributed by atoms with Crippen LogP contribution in [0.5, 0.6) is 0 Å². The Morgan fingerprint density at radius 3 is 2.37 bits per heavy atom. The molecule has 0 bridgehead atoms. The number of carbonyl (C=O) groups is 2. The fraction of sp³-hybridized carbons (Fsp3) is 0.263. The molecular weight excluding hydrogens is 350 g/mol. The summed E-state index contributed by atoms with van der Waals surface area (Å²) in [5, 5.41) is 16.4. The van der Waals surface area contributed by atoms with Crippen molar-refractivity contribution in [1.29, 1.82) is 0 Å². The number of nitro benzene ring substituents is 1. The third-order valence-corrected chi connectivity index (χ3v) is 3.86. The Bertz CT molecular complexity index is 778. The number of nitrogens with zero attached hydrogens (tertiary/aromatic N) is 1. The first-order chi connectivity index (χ1) is 13.0. The van der Waals surface area contributed by atoms with Crippen molar-refractivity contribution in [2.24, 2.45) is 0 Å². The Morgan fingerprint density at radius 2 is 1.78 bits per heavy atom. The van der Waals surface area contributed by atoms with Crippen LogP contribution in [-0.4, -0.2) is 30.5 Å². The van der Waals surface area contributed by atoms with E-state index in [2.05, 4.69) is 10.6 Å². The zero-order valence-corrected chi connectivity index (χ0v) is 14.9. The summed E-state index contributed by atoms with van der Waals surface area (Å²) in [6.45, 7) is 0.513. The van der Waals surface area contributed by atoms with Gasteiger partial charge in [0, 0.05) is 30.8 Å². The van der Waals surface area contributed by atoms with E-state index in [1.54, 1.807) is 36.4 Å². The molecule has 0 radical (unpaired) electrons. The maximum absolute atomic E-state index is 12.2. The Labute approximate surface area is 156 Å². The van der Waals surface area contributed by atoms with Crippen LogP contribution in [0.15, 0.2) is 54.6 Å². The summed E-state index contributed by atoms with van der Waals surface area (Å²) in [5.41, 5.74) is 1.41. The van der Waals surface area contributed by atoms with E-state index in [0.29, 0.717) is 18.5 Å². The van der Waals surface area contributed by atoms with Gasteiger partial charge in [0.1, 0.15) is 0 Å². The highest BCUT2D eigenvalue weighted by atomic mass is 16.6. The molecule has 2 aromatic carbocycles. The second-order valence-corrected chi connectivity index (χ2v) is 5.77. The lowest BCUT2D eigenvalue weighted by Crippen LogP contribution is -2.34. The fourth-order valence-corrected chi connectivity index (χ4v) is 2.46. The number of ether oxygens (including phenoxy) is 1. The fourth-order valence-electron chi connectivity index (χ4n) is 2.46. The second-order valence-electron chi connectivity index (χ2n) is 5.77. The van der Waals surface area contributed by atoms with Gasteiger partial charge in [-0.1, -0.05) is 30.3 Å². The van der Waals surface area contributed by atoms with Crippen LogP contribution in [0, 0.1) is 10.1 Å². The number of amides is 1. The zero-order valence-electron chi connectivity index (χ0n) is 14.9. The first-order valence-electron chi connectivity index (χ1n) is 8.41. The monoisotopic (exact) mass is 371 g/mol. The molecule has 27 heavy (non-hydrogen) atoms. The molecule has 142 valence electrons. The molecule has 1 unspecified atom stereocenters. The van der Waals surface area contributed by atoms with E-state index in [9.17, 15) is 19.7 Å². The summed E-state index contributed by atoms with van der Waals surface area (Å²) in [7, 11) is 1.28. The highest BCUT2D eigenvalue weighted by molar-refractivity contribution is 5.85. The minimum absolute atomic E-state index is 0.0229. The van der Waals surface area contributed by atoms with Crippen molar-refractivity contribution in [3.63, 3.8) is 0 Å². The Morgan fingerprint density at radius 1 is 1.11 bits per heavy atom. The van der Waals surface area contributed by atoms with E-state index < -0.39 is 16.9 Å². The number of methoxy groups -OCH3 is 1. The SMILES string of the molecule is COC(=O)C(NC(=O)CCCNc1ccc([N+](=O)[O-])cc1)c1ccccc1. The Kier molecular flexibility index (Phi) is 7.30. The minimum atomic E-state index is -0.841. The highest BCUT2D eigenvalue weighted by Crippen LogP contribution is 2.16.